The monoisotopic (exact) mass is 332 g/mol. The molecule has 0 spiro atoms. The Morgan fingerprint density at radius 1 is 1.38 bits per heavy atom. The van der Waals surface area contributed by atoms with Crippen molar-refractivity contribution in [2.24, 2.45) is 4.99 Å². The molecule has 2 aromatic rings. The third-order valence-corrected chi connectivity index (χ3v) is 5.06. The van der Waals surface area contributed by atoms with Gasteiger partial charge in [-0.25, -0.2) is 9.78 Å². The fraction of sp³-hybridized carbons (Fsp3) is 0.250. The maximum absolute atomic E-state index is 12.6. The number of thiazole rings is 1. The van der Waals surface area contributed by atoms with E-state index < -0.39 is 23.8 Å². The summed E-state index contributed by atoms with van der Waals surface area (Å²) in [4.78, 5) is 19.0. The summed E-state index contributed by atoms with van der Waals surface area (Å²) in [5, 5.41) is 9.81. The van der Waals surface area contributed by atoms with Crippen LogP contribution in [0.1, 0.15) is 10.6 Å². The molecule has 0 saturated carbocycles. The highest BCUT2D eigenvalue weighted by atomic mass is 32.2. The number of fused-ring (bicyclic) bond motifs is 1. The van der Waals surface area contributed by atoms with E-state index in [9.17, 15) is 18.0 Å². The predicted molar refractivity (Wildman–Crippen MR) is 75.0 cm³/mol. The lowest BCUT2D eigenvalue weighted by Crippen LogP contribution is -2.17. The standard InChI is InChI=1S/C12H7F3N2O2S2/c13-12(14,15)5-1-2-8-6(3-5)16-10(21-8)9-17-7(4-20-9)11(18)19/h1-3,7H,4H2,(H,18,19). The lowest BCUT2D eigenvalue weighted by atomic mass is 10.2. The number of carboxylic acid groups (broad SMARTS) is 1. The number of hydrogen-bond donors (Lipinski definition) is 1. The minimum atomic E-state index is -4.41. The van der Waals surface area contributed by atoms with Gasteiger partial charge < -0.3 is 5.11 Å². The molecule has 1 aliphatic heterocycles. The Morgan fingerprint density at radius 2 is 2.14 bits per heavy atom. The molecule has 4 nitrogen and oxygen atoms in total. The molecule has 0 aliphatic carbocycles. The molecule has 0 amide bonds. The fourth-order valence-corrected chi connectivity index (χ4v) is 3.86. The third kappa shape index (κ3) is 2.75. The molecule has 0 radical (unpaired) electrons. The maximum Gasteiger partial charge on any atom is 0.416 e. The zero-order valence-electron chi connectivity index (χ0n) is 10.2. The summed E-state index contributed by atoms with van der Waals surface area (Å²) < 4.78 is 38.5. The van der Waals surface area contributed by atoms with Crippen LogP contribution < -0.4 is 0 Å². The molecule has 21 heavy (non-hydrogen) atoms. The summed E-state index contributed by atoms with van der Waals surface area (Å²) in [7, 11) is 0. The molecule has 3 rings (SSSR count). The highest BCUT2D eigenvalue weighted by Crippen LogP contribution is 2.34. The SMILES string of the molecule is O=C(O)C1CSC(c2nc3cc(C(F)(F)F)ccc3s2)=N1. The van der Waals surface area contributed by atoms with Gasteiger partial charge in [0.1, 0.15) is 10.1 Å². The lowest BCUT2D eigenvalue weighted by Gasteiger charge is -2.04. The van der Waals surface area contributed by atoms with Crippen LogP contribution in [-0.2, 0) is 11.0 Å². The normalized spacial score (nSPS) is 19.0. The summed E-state index contributed by atoms with van der Waals surface area (Å²) >= 11 is 2.46. The van der Waals surface area contributed by atoms with Gasteiger partial charge in [0.25, 0.3) is 0 Å². The Bertz CT molecular complexity index is 755. The van der Waals surface area contributed by atoms with Crippen LogP contribution in [0, 0.1) is 0 Å². The Labute approximate surface area is 124 Å². The van der Waals surface area contributed by atoms with Crippen molar-refractivity contribution in [2.45, 2.75) is 12.2 Å². The molecule has 1 unspecified atom stereocenters. The highest BCUT2D eigenvalue weighted by Gasteiger charge is 2.31. The molecule has 1 aromatic carbocycles. The van der Waals surface area contributed by atoms with Crippen LogP contribution in [0.2, 0.25) is 0 Å². The Kier molecular flexibility index (Phi) is 3.40. The zero-order chi connectivity index (χ0) is 15.2. The molecule has 1 N–H and O–H groups in total. The van der Waals surface area contributed by atoms with Crippen molar-refractivity contribution in [2.75, 3.05) is 5.75 Å². The summed E-state index contributed by atoms with van der Waals surface area (Å²) in [6.45, 7) is 0. The number of rotatable bonds is 2. The van der Waals surface area contributed by atoms with E-state index in [1.807, 2.05) is 0 Å². The number of thioether (sulfide) groups is 1. The first-order valence-corrected chi connectivity index (χ1v) is 7.56. The molecule has 0 bridgehead atoms. The van der Waals surface area contributed by atoms with E-state index >= 15 is 0 Å². The summed E-state index contributed by atoms with van der Waals surface area (Å²) in [6.07, 6.45) is -4.41. The van der Waals surface area contributed by atoms with Crippen LogP contribution in [0.25, 0.3) is 10.2 Å². The van der Waals surface area contributed by atoms with Crippen molar-refractivity contribution in [1.29, 1.82) is 0 Å². The first-order chi connectivity index (χ1) is 9.84. The maximum atomic E-state index is 12.6. The van der Waals surface area contributed by atoms with E-state index in [-0.39, 0.29) is 5.52 Å². The van der Waals surface area contributed by atoms with E-state index in [2.05, 4.69) is 9.98 Å². The van der Waals surface area contributed by atoms with E-state index in [1.165, 1.54) is 29.2 Å². The molecule has 1 atom stereocenters. The van der Waals surface area contributed by atoms with Gasteiger partial charge in [-0.15, -0.1) is 23.1 Å². The second-order valence-electron chi connectivity index (χ2n) is 4.30. The van der Waals surface area contributed by atoms with Crippen molar-refractivity contribution in [1.82, 2.24) is 4.98 Å². The number of aliphatic imine (C=N–C) groups is 1. The summed E-state index contributed by atoms with van der Waals surface area (Å²) in [5.41, 5.74) is -0.511. The number of aliphatic carboxylic acids is 1. The third-order valence-electron chi connectivity index (χ3n) is 2.83. The highest BCUT2D eigenvalue weighted by molar-refractivity contribution is 8.15. The van der Waals surface area contributed by atoms with E-state index in [0.29, 0.717) is 20.5 Å². The Hall–Kier alpha value is -1.61. The van der Waals surface area contributed by atoms with Gasteiger partial charge in [0.05, 0.1) is 15.8 Å². The Morgan fingerprint density at radius 3 is 2.76 bits per heavy atom. The number of hydrogen-bond acceptors (Lipinski definition) is 5. The van der Waals surface area contributed by atoms with Gasteiger partial charge in [-0.1, -0.05) is 0 Å². The molecule has 9 heteroatoms. The molecule has 0 saturated heterocycles. The average molecular weight is 332 g/mol. The van der Waals surface area contributed by atoms with Crippen LogP contribution in [0.4, 0.5) is 13.2 Å². The van der Waals surface area contributed by atoms with Gasteiger partial charge in [-0.05, 0) is 18.2 Å². The van der Waals surface area contributed by atoms with Crippen LogP contribution in [-0.4, -0.2) is 32.9 Å². The van der Waals surface area contributed by atoms with Crippen molar-refractivity contribution in [3.63, 3.8) is 0 Å². The van der Waals surface area contributed by atoms with Gasteiger partial charge in [0.15, 0.2) is 6.04 Å². The first-order valence-electron chi connectivity index (χ1n) is 5.76. The number of aromatic nitrogens is 1. The van der Waals surface area contributed by atoms with Gasteiger partial charge in [-0.2, -0.15) is 13.2 Å². The number of alkyl halides is 3. The molecular weight excluding hydrogens is 325 g/mol. The van der Waals surface area contributed by atoms with Crippen LogP contribution in [0.5, 0.6) is 0 Å². The molecule has 110 valence electrons. The summed E-state index contributed by atoms with van der Waals surface area (Å²) in [5.74, 6) is -0.702. The molecule has 1 aliphatic rings. The quantitative estimate of drug-likeness (QED) is 0.917. The molecule has 0 fully saturated rings. The second kappa shape index (κ2) is 4.99. The number of carboxylic acids is 1. The number of halogens is 3. The first kappa shape index (κ1) is 14.3. The van der Waals surface area contributed by atoms with Gasteiger partial charge >= 0.3 is 12.1 Å². The van der Waals surface area contributed by atoms with Gasteiger partial charge in [-0.3, -0.25) is 4.99 Å². The van der Waals surface area contributed by atoms with E-state index in [1.54, 1.807) is 0 Å². The Balaban J connectivity index is 1.99. The van der Waals surface area contributed by atoms with E-state index in [4.69, 9.17) is 5.11 Å². The molecule has 1 aromatic heterocycles. The van der Waals surface area contributed by atoms with Gasteiger partial charge in [0, 0.05) is 5.75 Å². The predicted octanol–water partition coefficient (Wildman–Crippen LogP) is 3.26. The average Bonchev–Trinajstić information content (AvgIpc) is 3.03. The van der Waals surface area contributed by atoms with Crippen LogP contribution in [0.3, 0.4) is 0 Å². The van der Waals surface area contributed by atoms with Crippen molar-refractivity contribution < 1.29 is 23.1 Å². The van der Waals surface area contributed by atoms with E-state index in [0.717, 1.165) is 12.1 Å². The summed E-state index contributed by atoms with van der Waals surface area (Å²) in [6, 6.07) is 2.55. The molecule has 2 heterocycles. The number of carbonyl (C=O) groups is 1. The number of nitrogens with zero attached hydrogens (tertiary/aromatic N) is 2. The van der Waals surface area contributed by atoms with Gasteiger partial charge in [0.2, 0.25) is 0 Å². The minimum absolute atomic E-state index is 0.243. The van der Waals surface area contributed by atoms with Crippen molar-refractivity contribution in [3.05, 3.63) is 28.8 Å². The van der Waals surface area contributed by atoms with Crippen LogP contribution >= 0.6 is 23.1 Å². The minimum Gasteiger partial charge on any atom is -0.480 e. The van der Waals surface area contributed by atoms with Crippen LogP contribution in [0.15, 0.2) is 23.2 Å². The lowest BCUT2D eigenvalue weighted by molar-refractivity contribution is -0.138. The topological polar surface area (TPSA) is 62.5 Å². The fourth-order valence-electron chi connectivity index (χ4n) is 1.81. The smallest absolute Gasteiger partial charge is 0.416 e. The number of benzene rings is 1. The molecular formula is C12H7F3N2O2S2. The van der Waals surface area contributed by atoms with Crippen molar-refractivity contribution >= 4 is 44.3 Å². The van der Waals surface area contributed by atoms with Crippen molar-refractivity contribution in [3.8, 4) is 0 Å². The largest absolute Gasteiger partial charge is 0.480 e. The zero-order valence-corrected chi connectivity index (χ0v) is 11.8. The second-order valence-corrected chi connectivity index (χ2v) is 6.34.